The molecule has 0 bridgehead atoms. The van der Waals surface area contributed by atoms with Gasteiger partial charge in [-0.25, -0.2) is 0 Å². The fourth-order valence-corrected chi connectivity index (χ4v) is 4.68. The third kappa shape index (κ3) is 4.54. The number of hydrogen-bond acceptors (Lipinski definition) is 4. The molecule has 4 nitrogen and oxygen atoms in total. The normalized spacial score (nSPS) is 18.1. The summed E-state index contributed by atoms with van der Waals surface area (Å²) < 4.78 is 5.44. The average Bonchev–Trinajstić information content (AvgIpc) is 3.30. The molecule has 0 unspecified atom stereocenters. The van der Waals surface area contributed by atoms with Gasteiger partial charge in [0.25, 0.3) is 0 Å². The standard InChI is InChI=1S/C25H32N2O2/c1-19-23(18-28)15-22(16-25(19)26(2)24-5-3-4-6-24)21-9-7-20(8-10-21)17-27-11-13-29-14-12-27/h7-10,15-16,18,24H,3-6,11-14,17H2,1-2H3. The number of carbonyl (C=O) groups excluding carboxylic acids is 1. The van der Waals surface area contributed by atoms with Gasteiger partial charge in [0.2, 0.25) is 0 Å². The number of nitrogens with zero attached hydrogens (tertiary/aromatic N) is 2. The van der Waals surface area contributed by atoms with Crippen molar-refractivity contribution in [2.24, 2.45) is 0 Å². The Hall–Kier alpha value is -2.17. The maximum atomic E-state index is 11.7. The molecular formula is C25H32N2O2. The van der Waals surface area contributed by atoms with Crippen molar-refractivity contribution in [3.05, 3.63) is 53.1 Å². The van der Waals surface area contributed by atoms with Crippen molar-refractivity contribution in [2.75, 3.05) is 38.3 Å². The molecule has 0 radical (unpaired) electrons. The zero-order valence-corrected chi connectivity index (χ0v) is 17.7. The van der Waals surface area contributed by atoms with Crippen LogP contribution in [0.25, 0.3) is 11.1 Å². The highest BCUT2D eigenvalue weighted by Crippen LogP contribution is 2.34. The van der Waals surface area contributed by atoms with E-state index >= 15 is 0 Å². The van der Waals surface area contributed by atoms with Crippen LogP contribution < -0.4 is 4.90 Å². The molecule has 2 aromatic rings. The van der Waals surface area contributed by atoms with E-state index in [4.69, 9.17) is 4.74 Å². The summed E-state index contributed by atoms with van der Waals surface area (Å²) >= 11 is 0. The monoisotopic (exact) mass is 392 g/mol. The molecule has 0 amide bonds. The first-order chi connectivity index (χ1) is 14.2. The molecule has 0 aromatic heterocycles. The van der Waals surface area contributed by atoms with Crippen molar-refractivity contribution in [1.82, 2.24) is 4.90 Å². The second-order valence-electron chi connectivity index (χ2n) is 8.46. The van der Waals surface area contributed by atoms with E-state index in [1.54, 1.807) is 0 Å². The Morgan fingerprint density at radius 2 is 1.76 bits per heavy atom. The van der Waals surface area contributed by atoms with Crippen molar-refractivity contribution >= 4 is 12.0 Å². The van der Waals surface area contributed by atoms with Crippen molar-refractivity contribution < 1.29 is 9.53 Å². The molecule has 1 saturated heterocycles. The van der Waals surface area contributed by atoms with E-state index in [0.29, 0.717) is 6.04 Å². The number of carbonyl (C=O) groups is 1. The maximum absolute atomic E-state index is 11.7. The van der Waals surface area contributed by atoms with Gasteiger partial charge in [-0.1, -0.05) is 37.1 Å². The summed E-state index contributed by atoms with van der Waals surface area (Å²) in [7, 11) is 2.18. The number of ether oxygens (including phenoxy) is 1. The Bertz CT molecular complexity index is 835. The first kappa shape index (κ1) is 20.1. The summed E-state index contributed by atoms with van der Waals surface area (Å²) in [4.78, 5) is 16.6. The van der Waals surface area contributed by atoms with Crippen LogP contribution in [0.15, 0.2) is 36.4 Å². The third-order valence-electron chi connectivity index (χ3n) is 6.60. The Labute approximate surface area is 174 Å². The van der Waals surface area contributed by atoms with E-state index in [0.717, 1.165) is 55.8 Å². The quantitative estimate of drug-likeness (QED) is 0.668. The van der Waals surface area contributed by atoms with E-state index in [-0.39, 0.29) is 0 Å². The van der Waals surface area contributed by atoms with Crippen molar-refractivity contribution in [3.63, 3.8) is 0 Å². The van der Waals surface area contributed by atoms with Crippen molar-refractivity contribution in [2.45, 2.75) is 45.2 Å². The Balaban J connectivity index is 1.58. The topological polar surface area (TPSA) is 32.8 Å². The minimum absolute atomic E-state index is 0.583. The third-order valence-corrected chi connectivity index (χ3v) is 6.60. The van der Waals surface area contributed by atoms with Crippen LogP contribution in [-0.4, -0.2) is 50.6 Å². The van der Waals surface area contributed by atoms with Gasteiger partial charge in [0.1, 0.15) is 6.29 Å². The number of benzene rings is 2. The lowest BCUT2D eigenvalue weighted by Gasteiger charge is -2.29. The average molecular weight is 393 g/mol. The largest absolute Gasteiger partial charge is 0.379 e. The van der Waals surface area contributed by atoms with Crippen LogP contribution in [0.5, 0.6) is 0 Å². The van der Waals surface area contributed by atoms with Gasteiger partial charge in [-0.2, -0.15) is 0 Å². The maximum Gasteiger partial charge on any atom is 0.150 e. The van der Waals surface area contributed by atoms with Crippen molar-refractivity contribution in [1.29, 1.82) is 0 Å². The lowest BCUT2D eigenvalue weighted by atomic mass is 9.96. The first-order valence-electron chi connectivity index (χ1n) is 10.9. The fourth-order valence-electron chi connectivity index (χ4n) is 4.68. The molecule has 2 aromatic carbocycles. The molecule has 4 heteroatoms. The molecule has 0 N–H and O–H groups in total. The predicted molar refractivity (Wildman–Crippen MR) is 119 cm³/mol. The number of hydrogen-bond donors (Lipinski definition) is 0. The highest BCUT2D eigenvalue weighted by Gasteiger charge is 2.22. The number of morpholine rings is 1. The molecule has 1 aliphatic carbocycles. The van der Waals surface area contributed by atoms with Crippen LogP contribution in [-0.2, 0) is 11.3 Å². The molecule has 2 fully saturated rings. The number of aldehydes is 1. The van der Waals surface area contributed by atoms with Crippen LogP contribution in [0.4, 0.5) is 5.69 Å². The summed E-state index contributed by atoms with van der Waals surface area (Å²) in [6.07, 6.45) is 6.09. The second-order valence-corrected chi connectivity index (χ2v) is 8.46. The number of anilines is 1. The molecule has 29 heavy (non-hydrogen) atoms. The molecule has 0 atom stereocenters. The lowest BCUT2D eigenvalue weighted by molar-refractivity contribution is 0.0342. The second kappa shape index (κ2) is 9.10. The summed E-state index contributed by atoms with van der Waals surface area (Å²) in [5.41, 5.74) is 6.67. The van der Waals surface area contributed by atoms with Gasteiger partial charge >= 0.3 is 0 Å². The molecular weight excluding hydrogens is 360 g/mol. The Kier molecular flexibility index (Phi) is 6.31. The van der Waals surface area contributed by atoms with Crippen LogP contribution in [0, 0.1) is 6.92 Å². The molecule has 1 heterocycles. The SMILES string of the molecule is Cc1c(C=O)cc(-c2ccc(CN3CCOCC3)cc2)cc1N(C)C1CCCC1. The molecule has 154 valence electrons. The van der Waals surface area contributed by atoms with E-state index < -0.39 is 0 Å². The Morgan fingerprint density at radius 1 is 1.07 bits per heavy atom. The highest BCUT2D eigenvalue weighted by molar-refractivity contribution is 5.85. The van der Waals surface area contributed by atoms with Gasteiger partial charge in [0.15, 0.2) is 0 Å². The van der Waals surface area contributed by atoms with E-state index in [9.17, 15) is 4.79 Å². The van der Waals surface area contributed by atoms with E-state index in [2.05, 4.69) is 54.1 Å². The lowest BCUT2D eigenvalue weighted by Crippen LogP contribution is -2.35. The van der Waals surface area contributed by atoms with Crippen LogP contribution >= 0.6 is 0 Å². The first-order valence-corrected chi connectivity index (χ1v) is 10.9. The van der Waals surface area contributed by atoms with Gasteiger partial charge in [0.05, 0.1) is 13.2 Å². The number of rotatable bonds is 6. The zero-order valence-electron chi connectivity index (χ0n) is 17.7. The Morgan fingerprint density at radius 3 is 2.41 bits per heavy atom. The van der Waals surface area contributed by atoms with Gasteiger partial charge in [-0.15, -0.1) is 0 Å². The van der Waals surface area contributed by atoms with Gasteiger partial charge in [-0.3, -0.25) is 9.69 Å². The van der Waals surface area contributed by atoms with E-state index in [1.807, 2.05) is 6.07 Å². The zero-order chi connectivity index (χ0) is 20.2. The molecule has 4 rings (SSSR count). The minimum atomic E-state index is 0.583. The summed E-state index contributed by atoms with van der Waals surface area (Å²) in [6, 6.07) is 13.7. The van der Waals surface area contributed by atoms with Crippen LogP contribution in [0.3, 0.4) is 0 Å². The molecule has 0 spiro atoms. The summed E-state index contributed by atoms with van der Waals surface area (Å²) in [5, 5.41) is 0. The summed E-state index contributed by atoms with van der Waals surface area (Å²) in [6.45, 7) is 6.69. The van der Waals surface area contributed by atoms with Crippen LogP contribution in [0.2, 0.25) is 0 Å². The van der Waals surface area contributed by atoms with Crippen molar-refractivity contribution in [3.8, 4) is 11.1 Å². The highest BCUT2D eigenvalue weighted by atomic mass is 16.5. The molecule has 1 saturated carbocycles. The van der Waals surface area contributed by atoms with Gasteiger partial charge in [-0.05, 0) is 54.2 Å². The van der Waals surface area contributed by atoms with Gasteiger partial charge < -0.3 is 9.64 Å². The molecule has 2 aliphatic rings. The molecule has 1 aliphatic heterocycles. The minimum Gasteiger partial charge on any atom is -0.379 e. The summed E-state index contributed by atoms with van der Waals surface area (Å²) in [5.74, 6) is 0. The smallest absolute Gasteiger partial charge is 0.150 e. The fraction of sp³-hybridized carbons (Fsp3) is 0.480. The van der Waals surface area contributed by atoms with E-state index in [1.165, 1.54) is 42.5 Å². The van der Waals surface area contributed by atoms with Gasteiger partial charge in [0, 0.05) is 44.0 Å². The predicted octanol–water partition coefficient (Wildman–Crippen LogP) is 4.69. The van der Waals surface area contributed by atoms with Crippen LogP contribution in [0.1, 0.15) is 47.2 Å².